The molecular formula is C14H19N3. The van der Waals surface area contributed by atoms with Crippen LogP contribution in [0.25, 0.3) is 0 Å². The van der Waals surface area contributed by atoms with Gasteiger partial charge >= 0.3 is 0 Å². The Hall–Kier alpha value is -1.40. The van der Waals surface area contributed by atoms with E-state index < -0.39 is 0 Å². The molecule has 0 saturated heterocycles. The number of hydrogen-bond acceptors (Lipinski definition) is 3. The molecule has 3 atom stereocenters. The fourth-order valence-electron chi connectivity index (χ4n) is 2.52. The fourth-order valence-corrected chi connectivity index (χ4v) is 2.52. The summed E-state index contributed by atoms with van der Waals surface area (Å²) in [5.41, 5.74) is 1.05. The number of hydrogen-bond donors (Lipinski definition) is 1. The zero-order chi connectivity index (χ0) is 12.1. The molecule has 3 unspecified atom stereocenters. The molecule has 1 aliphatic carbocycles. The van der Waals surface area contributed by atoms with Gasteiger partial charge in [0.15, 0.2) is 0 Å². The Bertz CT molecular complexity index is 382. The van der Waals surface area contributed by atoms with Crippen LogP contribution < -0.4 is 5.32 Å². The van der Waals surface area contributed by atoms with Gasteiger partial charge in [0.25, 0.3) is 0 Å². The summed E-state index contributed by atoms with van der Waals surface area (Å²) >= 11 is 0. The number of nitrogens with zero attached hydrogens (tertiary/aromatic N) is 2. The van der Waals surface area contributed by atoms with E-state index in [1.54, 1.807) is 0 Å². The van der Waals surface area contributed by atoms with Gasteiger partial charge in [-0.2, -0.15) is 5.26 Å². The maximum Gasteiger partial charge on any atom is 0.0672 e. The predicted molar refractivity (Wildman–Crippen MR) is 67.1 cm³/mol. The third-order valence-electron chi connectivity index (χ3n) is 3.53. The lowest BCUT2D eigenvalue weighted by Gasteiger charge is -2.30. The number of nitrogens with one attached hydrogen (secondary N) is 1. The van der Waals surface area contributed by atoms with Crippen LogP contribution in [0.3, 0.4) is 0 Å². The second-order valence-electron chi connectivity index (χ2n) is 4.77. The zero-order valence-corrected chi connectivity index (χ0v) is 10.3. The van der Waals surface area contributed by atoms with Crippen LogP contribution in [0.4, 0.5) is 0 Å². The topological polar surface area (TPSA) is 48.7 Å². The molecule has 0 bridgehead atoms. The summed E-state index contributed by atoms with van der Waals surface area (Å²) in [5, 5.41) is 12.7. The van der Waals surface area contributed by atoms with Gasteiger partial charge in [-0.1, -0.05) is 18.9 Å². The van der Waals surface area contributed by atoms with Crippen molar-refractivity contribution in [3.05, 3.63) is 30.1 Å². The van der Waals surface area contributed by atoms with Gasteiger partial charge in [-0.3, -0.25) is 4.98 Å². The summed E-state index contributed by atoms with van der Waals surface area (Å²) < 4.78 is 0. The number of rotatable bonds is 3. The van der Waals surface area contributed by atoms with Crippen molar-refractivity contribution < 1.29 is 0 Å². The van der Waals surface area contributed by atoms with E-state index in [0.29, 0.717) is 6.04 Å². The highest BCUT2D eigenvalue weighted by Crippen LogP contribution is 2.25. The molecule has 0 aromatic carbocycles. The average Bonchev–Trinajstić information content (AvgIpc) is 2.40. The second-order valence-corrected chi connectivity index (χ2v) is 4.77. The molecular weight excluding hydrogens is 210 g/mol. The molecule has 0 amide bonds. The molecule has 17 heavy (non-hydrogen) atoms. The molecule has 1 saturated carbocycles. The van der Waals surface area contributed by atoms with Gasteiger partial charge < -0.3 is 5.32 Å². The molecule has 1 fully saturated rings. The summed E-state index contributed by atoms with van der Waals surface area (Å²) in [4.78, 5) is 4.35. The maximum absolute atomic E-state index is 9.14. The van der Waals surface area contributed by atoms with E-state index in [-0.39, 0.29) is 12.0 Å². The molecule has 3 heteroatoms. The second kappa shape index (κ2) is 5.79. The summed E-state index contributed by atoms with van der Waals surface area (Å²) in [5.74, 6) is 0.162. The quantitative estimate of drug-likeness (QED) is 0.867. The molecule has 90 valence electrons. The Kier molecular flexibility index (Phi) is 4.11. The molecule has 0 spiro atoms. The van der Waals surface area contributed by atoms with Gasteiger partial charge in [0.05, 0.1) is 17.7 Å². The van der Waals surface area contributed by atoms with Gasteiger partial charge in [0.1, 0.15) is 0 Å². The molecule has 2 rings (SSSR count). The largest absolute Gasteiger partial charge is 0.305 e. The fraction of sp³-hybridized carbons (Fsp3) is 0.571. The molecule has 3 nitrogen and oxygen atoms in total. The first-order chi connectivity index (χ1) is 8.31. The van der Waals surface area contributed by atoms with E-state index >= 15 is 0 Å². The Morgan fingerprint density at radius 1 is 1.41 bits per heavy atom. The van der Waals surface area contributed by atoms with E-state index in [4.69, 9.17) is 5.26 Å². The van der Waals surface area contributed by atoms with Crippen LogP contribution in [-0.2, 0) is 0 Å². The first-order valence-corrected chi connectivity index (χ1v) is 6.38. The smallest absolute Gasteiger partial charge is 0.0672 e. The van der Waals surface area contributed by atoms with Gasteiger partial charge in [-0.25, -0.2) is 0 Å². The predicted octanol–water partition coefficient (Wildman–Crippen LogP) is 2.81. The first kappa shape index (κ1) is 12.1. The minimum absolute atomic E-state index is 0.162. The Balaban J connectivity index is 1.98. The van der Waals surface area contributed by atoms with E-state index in [1.807, 2.05) is 24.4 Å². The van der Waals surface area contributed by atoms with E-state index in [1.165, 1.54) is 12.8 Å². The third kappa shape index (κ3) is 3.04. The average molecular weight is 229 g/mol. The van der Waals surface area contributed by atoms with Gasteiger partial charge in [0, 0.05) is 18.3 Å². The third-order valence-corrected chi connectivity index (χ3v) is 3.53. The Labute approximate surface area is 103 Å². The van der Waals surface area contributed by atoms with E-state index in [9.17, 15) is 0 Å². The number of nitriles is 1. The van der Waals surface area contributed by atoms with Crippen LogP contribution in [0, 0.1) is 17.2 Å². The molecule has 0 radical (unpaired) electrons. The van der Waals surface area contributed by atoms with E-state index in [0.717, 1.165) is 18.5 Å². The van der Waals surface area contributed by atoms with Crippen molar-refractivity contribution in [1.82, 2.24) is 10.3 Å². The summed E-state index contributed by atoms with van der Waals surface area (Å²) in [6, 6.07) is 8.93. The monoisotopic (exact) mass is 229 g/mol. The molecule has 1 aromatic heterocycles. The van der Waals surface area contributed by atoms with Gasteiger partial charge in [0.2, 0.25) is 0 Å². The van der Waals surface area contributed by atoms with Crippen LogP contribution >= 0.6 is 0 Å². The van der Waals surface area contributed by atoms with Gasteiger partial charge in [-0.15, -0.1) is 0 Å². The Morgan fingerprint density at radius 2 is 2.24 bits per heavy atom. The minimum Gasteiger partial charge on any atom is -0.305 e. The van der Waals surface area contributed by atoms with E-state index in [2.05, 4.69) is 23.3 Å². The number of pyridine rings is 1. The van der Waals surface area contributed by atoms with Crippen LogP contribution in [0.15, 0.2) is 24.4 Å². The number of aromatic nitrogens is 1. The molecule has 1 heterocycles. The lowest BCUT2D eigenvalue weighted by Crippen LogP contribution is -2.39. The maximum atomic E-state index is 9.14. The lowest BCUT2D eigenvalue weighted by molar-refractivity contribution is 0.291. The van der Waals surface area contributed by atoms with Crippen LogP contribution in [0.2, 0.25) is 0 Å². The molecule has 1 aliphatic rings. The van der Waals surface area contributed by atoms with Crippen molar-refractivity contribution in [3.8, 4) is 6.07 Å². The SMILES string of the molecule is CC(NC1CCCCC1C#N)c1ccccn1. The van der Waals surface area contributed by atoms with Crippen molar-refractivity contribution >= 4 is 0 Å². The summed E-state index contributed by atoms with van der Waals surface area (Å²) in [6.45, 7) is 2.12. The van der Waals surface area contributed by atoms with Crippen LogP contribution in [0.1, 0.15) is 44.3 Å². The zero-order valence-electron chi connectivity index (χ0n) is 10.3. The summed E-state index contributed by atoms with van der Waals surface area (Å²) in [6.07, 6.45) is 6.37. The van der Waals surface area contributed by atoms with Crippen molar-refractivity contribution in [1.29, 1.82) is 5.26 Å². The van der Waals surface area contributed by atoms with Crippen LogP contribution in [-0.4, -0.2) is 11.0 Å². The highest BCUT2D eigenvalue weighted by molar-refractivity contribution is 5.08. The highest BCUT2D eigenvalue weighted by atomic mass is 15.0. The van der Waals surface area contributed by atoms with Crippen molar-refractivity contribution in [2.45, 2.75) is 44.7 Å². The standard InChI is InChI=1S/C14H19N3/c1-11(13-7-4-5-9-16-13)17-14-8-3-2-6-12(14)10-15/h4-5,7,9,11-12,14,17H,2-3,6,8H2,1H3. The first-order valence-electron chi connectivity index (χ1n) is 6.38. The van der Waals surface area contributed by atoms with Gasteiger partial charge in [-0.05, 0) is 31.9 Å². The van der Waals surface area contributed by atoms with Crippen molar-refractivity contribution in [3.63, 3.8) is 0 Å². The lowest BCUT2D eigenvalue weighted by atomic mass is 9.85. The molecule has 1 aromatic rings. The van der Waals surface area contributed by atoms with Crippen molar-refractivity contribution in [2.24, 2.45) is 5.92 Å². The summed E-state index contributed by atoms with van der Waals surface area (Å²) in [7, 11) is 0. The molecule has 0 aliphatic heterocycles. The Morgan fingerprint density at radius 3 is 2.94 bits per heavy atom. The highest BCUT2D eigenvalue weighted by Gasteiger charge is 2.26. The minimum atomic E-state index is 0.162. The van der Waals surface area contributed by atoms with Crippen molar-refractivity contribution in [2.75, 3.05) is 0 Å². The normalized spacial score (nSPS) is 26.1. The van der Waals surface area contributed by atoms with Crippen LogP contribution in [0.5, 0.6) is 0 Å². The molecule has 1 N–H and O–H groups in total.